The number of nitrogens with one attached hydrogen (secondary N) is 1. The molecule has 1 heterocycles. The second-order valence-corrected chi connectivity index (χ2v) is 6.49. The molecular formula is C21H27N3O2. The normalized spacial score (nSPS) is 14.9. The van der Waals surface area contributed by atoms with Crippen molar-refractivity contribution in [3.05, 3.63) is 54.6 Å². The molecule has 0 aromatic heterocycles. The van der Waals surface area contributed by atoms with Crippen LogP contribution in [0.4, 0.5) is 11.4 Å². The van der Waals surface area contributed by atoms with Gasteiger partial charge in [-0.05, 0) is 30.7 Å². The summed E-state index contributed by atoms with van der Waals surface area (Å²) in [5, 5.41) is 2.99. The van der Waals surface area contributed by atoms with E-state index in [1.165, 1.54) is 5.69 Å². The summed E-state index contributed by atoms with van der Waals surface area (Å²) in [7, 11) is 0. The Balaban J connectivity index is 1.49. The third-order valence-corrected chi connectivity index (χ3v) is 4.48. The van der Waals surface area contributed by atoms with E-state index in [4.69, 9.17) is 4.74 Å². The highest BCUT2D eigenvalue weighted by Gasteiger charge is 2.19. The van der Waals surface area contributed by atoms with Gasteiger partial charge in [0, 0.05) is 31.9 Å². The number of rotatable bonds is 7. The average Bonchev–Trinajstić information content (AvgIpc) is 2.68. The van der Waals surface area contributed by atoms with Crippen LogP contribution in [0.3, 0.4) is 0 Å². The molecule has 0 spiro atoms. The largest absolute Gasteiger partial charge is 0.491 e. The van der Waals surface area contributed by atoms with Crippen LogP contribution in [0.15, 0.2) is 54.6 Å². The number of para-hydroxylation sites is 3. The summed E-state index contributed by atoms with van der Waals surface area (Å²) in [5.74, 6) is 0.738. The maximum atomic E-state index is 12.4. The van der Waals surface area contributed by atoms with Gasteiger partial charge < -0.3 is 15.0 Å². The smallest absolute Gasteiger partial charge is 0.238 e. The highest BCUT2D eigenvalue weighted by Crippen LogP contribution is 2.24. The fraction of sp³-hybridized carbons (Fsp3) is 0.381. The summed E-state index contributed by atoms with van der Waals surface area (Å²) < 4.78 is 5.71. The Morgan fingerprint density at radius 1 is 1.00 bits per heavy atom. The molecule has 0 aliphatic carbocycles. The zero-order valence-electron chi connectivity index (χ0n) is 15.4. The van der Waals surface area contributed by atoms with Crippen LogP contribution in [-0.2, 0) is 4.79 Å². The van der Waals surface area contributed by atoms with Crippen LogP contribution in [0.2, 0.25) is 0 Å². The van der Waals surface area contributed by atoms with Gasteiger partial charge in [-0.15, -0.1) is 0 Å². The van der Waals surface area contributed by atoms with Gasteiger partial charge in [0.15, 0.2) is 0 Å². The van der Waals surface area contributed by atoms with Gasteiger partial charge >= 0.3 is 0 Å². The van der Waals surface area contributed by atoms with E-state index in [0.29, 0.717) is 13.2 Å². The van der Waals surface area contributed by atoms with Crippen molar-refractivity contribution in [2.24, 2.45) is 0 Å². The number of hydrogen-bond donors (Lipinski definition) is 1. The summed E-state index contributed by atoms with van der Waals surface area (Å²) in [6.07, 6.45) is 0.938. The molecule has 1 amide bonds. The fourth-order valence-corrected chi connectivity index (χ4v) is 3.10. The van der Waals surface area contributed by atoms with Gasteiger partial charge in [-0.25, -0.2) is 0 Å². The number of ether oxygens (including phenoxy) is 1. The molecule has 5 heteroatoms. The van der Waals surface area contributed by atoms with Crippen LogP contribution in [0.25, 0.3) is 0 Å². The Bertz CT molecular complexity index is 697. The average molecular weight is 353 g/mol. The van der Waals surface area contributed by atoms with Crippen LogP contribution in [0.5, 0.6) is 5.75 Å². The van der Waals surface area contributed by atoms with E-state index in [2.05, 4.69) is 46.3 Å². The van der Waals surface area contributed by atoms with Crippen molar-refractivity contribution in [1.82, 2.24) is 4.90 Å². The van der Waals surface area contributed by atoms with Gasteiger partial charge in [-0.1, -0.05) is 37.3 Å². The lowest BCUT2D eigenvalue weighted by atomic mass is 10.2. The molecule has 1 saturated heterocycles. The molecule has 1 aliphatic rings. The third-order valence-electron chi connectivity index (χ3n) is 4.48. The van der Waals surface area contributed by atoms with Crippen LogP contribution >= 0.6 is 0 Å². The number of piperazine rings is 1. The molecule has 1 N–H and O–H groups in total. The first-order chi connectivity index (χ1) is 12.8. The molecule has 0 unspecified atom stereocenters. The monoisotopic (exact) mass is 353 g/mol. The van der Waals surface area contributed by atoms with E-state index in [9.17, 15) is 4.79 Å². The van der Waals surface area contributed by atoms with Crippen molar-refractivity contribution in [3.8, 4) is 5.75 Å². The molecular weight excluding hydrogens is 326 g/mol. The molecule has 0 bridgehead atoms. The predicted octanol–water partition coefficient (Wildman–Crippen LogP) is 3.24. The Labute approximate surface area is 155 Å². The Morgan fingerprint density at radius 2 is 1.69 bits per heavy atom. The molecule has 0 saturated carbocycles. The second-order valence-electron chi connectivity index (χ2n) is 6.49. The minimum Gasteiger partial charge on any atom is -0.491 e. The van der Waals surface area contributed by atoms with Crippen LogP contribution in [0, 0.1) is 0 Å². The molecule has 0 atom stereocenters. The second kappa shape index (κ2) is 9.25. The van der Waals surface area contributed by atoms with Crippen LogP contribution < -0.4 is 15.0 Å². The molecule has 2 aromatic carbocycles. The number of carbonyl (C=O) groups excluding carboxylic acids is 1. The van der Waals surface area contributed by atoms with Crippen molar-refractivity contribution < 1.29 is 9.53 Å². The molecule has 0 radical (unpaired) electrons. The maximum Gasteiger partial charge on any atom is 0.238 e. The lowest BCUT2D eigenvalue weighted by Gasteiger charge is -2.35. The molecule has 26 heavy (non-hydrogen) atoms. The van der Waals surface area contributed by atoms with Crippen molar-refractivity contribution in [2.45, 2.75) is 13.3 Å². The first-order valence-electron chi connectivity index (χ1n) is 9.30. The van der Waals surface area contributed by atoms with Crippen molar-refractivity contribution >= 4 is 17.3 Å². The summed E-state index contributed by atoms with van der Waals surface area (Å²) in [6.45, 7) is 6.77. The highest BCUT2D eigenvalue weighted by molar-refractivity contribution is 5.93. The lowest BCUT2D eigenvalue weighted by Crippen LogP contribution is -2.48. The number of benzene rings is 2. The van der Waals surface area contributed by atoms with E-state index in [1.54, 1.807) is 0 Å². The SMILES string of the molecule is CCCOc1ccccc1NC(=O)CN1CCN(c2ccccc2)CC1. The molecule has 1 fully saturated rings. The Morgan fingerprint density at radius 3 is 2.42 bits per heavy atom. The molecule has 2 aromatic rings. The number of carbonyl (C=O) groups is 1. The van der Waals surface area contributed by atoms with E-state index in [1.807, 2.05) is 30.3 Å². The first kappa shape index (κ1) is 18.3. The minimum absolute atomic E-state index is 0.00529. The third kappa shape index (κ3) is 4.99. The minimum atomic E-state index is 0.00529. The van der Waals surface area contributed by atoms with Gasteiger partial charge in [0.25, 0.3) is 0 Å². The van der Waals surface area contributed by atoms with Gasteiger partial charge in [0.1, 0.15) is 5.75 Å². The summed E-state index contributed by atoms with van der Waals surface area (Å²) in [5.41, 5.74) is 1.99. The van der Waals surface area contributed by atoms with Gasteiger partial charge in [0.2, 0.25) is 5.91 Å². The molecule has 1 aliphatic heterocycles. The topological polar surface area (TPSA) is 44.8 Å². The number of hydrogen-bond acceptors (Lipinski definition) is 4. The van der Waals surface area contributed by atoms with E-state index in [-0.39, 0.29) is 5.91 Å². The van der Waals surface area contributed by atoms with Crippen LogP contribution in [0.1, 0.15) is 13.3 Å². The fourth-order valence-electron chi connectivity index (χ4n) is 3.10. The molecule has 5 nitrogen and oxygen atoms in total. The summed E-state index contributed by atoms with van der Waals surface area (Å²) in [4.78, 5) is 17.0. The van der Waals surface area contributed by atoms with E-state index in [0.717, 1.165) is 44.0 Å². The molecule has 3 rings (SSSR count). The molecule has 138 valence electrons. The van der Waals surface area contributed by atoms with E-state index >= 15 is 0 Å². The predicted molar refractivity (Wildman–Crippen MR) is 106 cm³/mol. The Kier molecular flexibility index (Phi) is 6.50. The van der Waals surface area contributed by atoms with Crippen molar-refractivity contribution in [1.29, 1.82) is 0 Å². The quantitative estimate of drug-likeness (QED) is 0.830. The zero-order valence-corrected chi connectivity index (χ0v) is 15.4. The van der Waals surface area contributed by atoms with Crippen molar-refractivity contribution in [2.75, 3.05) is 49.5 Å². The van der Waals surface area contributed by atoms with Crippen LogP contribution in [-0.4, -0.2) is 50.1 Å². The number of nitrogens with zero attached hydrogens (tertiary/aromatic N) is 2. The lowest BCUT2D eigenvalue weighted by molar-refractivity contribution is -0.117. The maximum absolute atomic E-state index is 12.4. The summed E-state index contributed by atoms with van der Waals surface area (Å²) in [6, 6.07) is 18.0. The zero-order chi connectivity index (χ0) is 18.2. The van der Waals surface area contributed by atoms with Gasteiger partial charge in [-0.3, -0.25) is 9.69 Å². The van der Waals surface area contributed by atoms with Gasteiger partial charge in [-0.2, -0.15) is 0 Å². The number of amides is 1. The highest BCUT2D eigenvalue weighted by atomic mass is 16.5. The first-order valence-corrected chi connectivity index (χ1v) is 9.30. The van der Waals surface area contributed by atoms with E-state index < -0.39 is 0 Å². The number of anilines is 2. The standard InChI is InChI=1S/C21H27N3O2/c1-2-16-26-20-11-7-6-10-19(20)22-21(25)17-23-12-14-24(15-13-23)18-8-4-3-5-9-18/h3-11H,2,12-17H2,1H3,(H,22,25). The summed E-state index contributed by atoms with van der Waals surface area (Å²) >= 11 is 0. The Hall–Kier alpha value is -2.53. The van der Waals surface area contributed by atoms with Crippen molar-refractivity contribution in [3.63, 3.8) is 0 Å². The van der Waals surface area contributed by atoms with Gasteiger partial charge in [0.05, 0.1) is 18.8 Å².